The van der Waals surface area contributed by atoms with Gasteiger partial charge in [-0.1, -0.05) is 0 Å². The number of hydrogen-bond donors (Lipinski definition) is 1. The molecule has 0 aliphatic heterocycles. The van der Waals surface area contributed by atoms with Crippen LogP contribution in [0.4, 0.5) is 14.5 Å². The van der Waals surface area contributed by atoms with Crippen molar-refractivity contribution >= 4 is 21.6 Å². The van der Waals surface area contributed by atoms with Crippen LogP contribution >= 0.6 is 0 Å². The first-order valence-electron chi connectivity index (χ1n) is 6.39. The number of sulfonamides is 1. The van der Waals surface area contributed by atoms with E-state index in [4.69, 9.17) is 4.74 Å². The zero-order chi connectivity index (χ0) is 16.9. The lowest BCUT2D eigenvalue weighted by atomic mass is 10.2. The van der Waals surface area contributed by atoms with Gasteiger partial charge in [-0.05, 0) is 19.1 Å². The molecule has 0 spiro atoms. The van der Waals surface area contributed by atoms with Crippen molar-refractivity contribution < 1.29 is 26.7 Å². The number of nitrogens with zero attached hydrogens (tertiary/aromatic N) is 1. The van der Waals surface area contributed by atoms with Gasteiger partial charge in [0.1, 0.15) is 6.04 Å². The first kappa shape index (κ1) is 18.3. The maximum Gasteiger partial charge on any atom is 0.243 e. The predicted molar refractivity (Wildman–Crippen MR) is 78.0 cm³/mol. The molecule has 0 fully saturated rings. The van der Waals surface area contributed by atoms with Crippen molar-refractivity contribution in [2.75, 3.05) is 30.8 Å². The fourth-order valence-electron chi connectivity index (χ4n) is 1.85. The van der Waals surface area contributed by atoms with Gasteiger partial charge in [-0.25, -0.2) is 17.2 Å². The third-order valence-electron chi connectivity index (χ3n) is 2.85. The van der Waals surface area contributed by atoms with E-state index in [2.05, 4.69) is 5.32 Å². The van der Waals surface area contributed by atoms with Crippen LogP contribution in [0.25, 0.3) is 0 Å². The monoisotopic (exact) mass is 336 g/mol. The Bertz CT molecular complexity index is 637. The molecule has 1 amide bonds. The third-order valence-corrected chi connectivity index (χ3v) is 4.09. The highest BCUT2D eigenvalue weighted by Gasteiger charge is 2.29. The van der Waals surface area contributed by atoms with Gasteiger partial charge in [0.05, 0.1) is 18.6 Å². The number of rotatable bonds is 7. The molecule has 1 aromatic carbocycles. The molecule has 0 saturated heterocycles. The van der Waals surface area contributed by atoms with Crippen molar-refractivity contribution in [3.63, 3.8) is 0 Å². The average Bonchev–Trinajstić information content (AvgIpc) is 2.41. The lowest BCUT2D eigenvalue weighted by Crippen LogP contribution is -2.48. The summed E-state index contributed by atoms with van der Waals surface area (Å²) in [4.78, 5) is 12.0. The fourth-order valence-corrected chi connectivity index (χ4v) is 3.02. The third kappa shape index (κ3) is 4.63. The summed E-state index contributed by atoms with van der Waals surface area (Å²) in [6.45, 7) is 1.82. The highest BCUT2D eigenvalue weighted by atomic mass is 32.2. The Morgan fingerprint density at radius 3 is 2.50 bits per heavy atom. The molecule has 0 aliphatic rings. The second-order valence-electron chi connectivity index (χ2n) is 4.62. The molecule has 6 nitrogen and oxygen atoms in total. The van der Waals surface area contributed by atoms with E-state index in [0.717, 1.165) is 28.8 Å². The molecule has 124 valence electrons. The number of halogens is 2. The Labute approximate surface area is 128 Å². The van der Waals surface area contributed by atoms with Gasteiger partial charge in [-0.15, -0.1) is 0 Å². The summed E-state index contributed by atoms with van der Waals surface area (Å²) in [7, 11) is -2.41. The molecule has 0 heterocycles. The van der Waals surface area contributed by atoms with Crippen LogP contribution in [0.5, 0.6) is 0 Å². The van der Waals surface area contributed by atoms with Crippen LogP contribution in [0.15, 0.2) is 18.2 Å². The van der Waals surface area contributed by atoms with Gasteiger partial charge in [0.2, 0.25) is 15.9 Å². The molecule has 0 aliphatic carbocycles. The highest BCUT2D eigenvalue weighted by Crippen LogP contribution is 2.23. The Morgan fingerprint density at radius 1 is 1.36 bits per heavy atom. The van der Waals surface area contributed by atoms with Crippen molar-refractivity contribution in [2.24, 2.45) is 0 Å². The highest BCUT2D eigenvalue weighted by molar-refractivity contribution is 7.92. The van der Waals surface area contributed by atoms with E-state index < -0.39 is 33.6 Å². The maximum atomic E-state index is 13.3. The molecular formula is C13H18F2N2O4S. The molecule has 1 rings (SSSR count). The molecule has 9 heteroatoms. The van der Waals surface area contributed by atoms with Crippen molar-refractivity contribution in [1.82, 2.24) is 5.32 Å². The van der Waals surface area contributed by atoms with Crippen molar-refractivity contribution in [3.8, 4) is 0 Å². The number of anilines is 1. The van der Waals surface area contributed by atoms with E-state index in [9.17, 15) is 22.0 Å². The number of carbonyl (C=O) groups excluding carboxylic acids is 1. The van der Waals surface area contributed by atoms with Gasteiger partial charge >= 0.3 is 0 Å². The van der Waals surface area contributed by atoms with E-state index in [1.165, 1.54) is 14.0 Å². The Kier molecular flexibility index (Phi) is 6.24. The Hall–Kier alpha value is -1.74. The molecule has 0 radical (unpaired) electrons. The number of carbonyl (C=O) groups is 1. The molecule has 1 atom stereocenters. The van der Waals surface area contributed by atoms with E-state index in [0.29, 0.717) is 0 Å². The summed E-state index contributed by atoms with van der Waals surface area (Å²) < 4.78 is 55.6. The normalized spacial score (nSPS) is 12.8. The summed E-state index contributed by atoms with van der Waals surface area (Å²) >= 11 is 0. The first-order valence-corrected chi connectivity index (χ1v) is 8.24. The number of methoxy groups -OCH3 is 1. The van der Waals surface area contributed by atoms with Crippen molar-refractivity contribution in [2.45, 2.75) is 13.0 Å². The van der Waals surface area contributed by atoms with Gasteiger partial charge < -0.3 is 10.1 Å². The number of amides is 1. The minimum absolute atomic E-state index is 0.129. The van der Waals surface area contributed by atoms with Gasteiger partial charge in [0.25, 0.3) is 0 Å². The predicted octanol–water partition coefficient (Wildman–Crippen LogP) is 0.882. The molecule has 1 N–H and O–H groups in total. The van der Waals surface area contributed by atoms with Crippen LogP contribution < -0.4 is 9.62 Å². The Morgan fingerprint density at radius 2 is 2.00 bits per heavy atom. The SMILES string of the molecule is COCCNC(=O)[C@H](C)N(c1ccc(F)c(F)c1)S(C)(=O)=O. The smallest absolute Gasteiger partial charge is 0.243 e. The van der Waals surface area contributed by atoms with Gasteiger partial charge in [0.15, 0.2) is 11.6 Å². The Balaban J connectivity index is 3.08. The molecule has 0 aromatic heterocycles. The van der Waals surface area contributed by atoms with Crippen LogP contribution in [-0.2, 0) is 19.6 Å². The number of hydrogen-bond acceptors (Lipinski definition) is 4. The van der Waals surface area contributed by atoms with E-state index in [1.54, 1.807) is 0 Å². The van der Waals surface area contributed by atoms with Crippen LogP contribution in [0.2, 0.25) is 0 Å². The van der Waals surface area contributed by atoms with Crippen LogP contribution in [0.1, 0.15) is 6.92 Å². The van der Waals surface area contributed by atoms with Crippen LogP contribution in [0.3, 0.4) is 0 Å². The largest absolute Gasteiger partial charge is 0.383 e. The quantitative estimate of drug-likeness (QED) is 0.750. The lowest BCUT2D eigenvalue weighted by molar-refractivity contribution is -0.122. The number of ether oxygens (including phenoxy) is 1. The molecule has 1 aromatic rings. The number of nitrogens with one attached hydrogen (secondary N) is 1. The summed E-state index contributed by atoms with van der Waals surface area (Å²) in [5.74, 6) is -2.88. The summed E-state index contributed by atoms with van der Waals surface area (Å²) in [6.07, 6.45) is 0.882. The molecule has 0 bridgehead atoms. The zero-order valence-corrected chi connectivity index (χ0v) is 13.3. The summed E-state index contributed by atoms with van der Waals surface area (Å²) in [5.41, 5.74) is -0.129. The van der Waals surface area contributed by atoms with Crippen LogP contribution in [0, 0.1) is 11.6 Å². The summed E-state index contributed by atoms with van der Waals surface area (Å²) in [5, 5.41) is 2.49. The molecular weight excluding hydrogens is 318 g/mol. The minimum atomic E-state index is -3.87. The maximum absolute atomic E-state index is 13.3. The fraction of sp³-hybridized carbons (Fsp3) is 0.462. The topological polar surface area (TPSA) is 75.7 Å². The minimum Gasteiger partial charge on any atom is -0.383 e. The van der Waals surface area contributed by atoms with E-state index >= 15 is 0 Å². The average molecular weight is 336 g/mol. The second-order valence-corrected chi connectivity index (χ2v) is 6.48. The summed E-state index contributed by atoms with van der Waals surface area (Å²) in [6, 6.07) is 1.50. The second kappa shape index (κ2) is 7.50. The standard InChI is InChI=1S/C13H18F2N2O4S/c1-9(13(18)16-6-7-21-2)17(22(3,19)20)10-4-5-11(14)12(15)8-10/h4-5,8-9H,6-7H2,1-3H3,(H,16,18)/t9-/m0/s1. The molecule has 22 heavy (non-hydrogen) atoms. The van der Waals surface area contributed by atoms with Crippen molar-refractivity contribution in [3.05, 3.63) is 29.8 Å². The zero-order valence-electron chi connectivity index (χ0n) is 12.5. The van der Waals surface area contributed by atoms with Crippen molar-refractivity contribution in [1.29, 1.82) is 0 Å². The lowest BCUT2D eigenvalue weighted by Gasteiger charge is -2.28. The molecule has 0 saturated carbocycles. The van der Waals surface area contributed by atoms with Crippen LogP contribution in [-0.4, -0.2) is 46.9 Å². The number of benzene rings is 1. The van der Waals surface area contributed by atoms with Gasteiger partial charge in [-0.3, -0.25) is 9.10 Å². The van der Waals surface area contributed by atoms with E-state index in [1.807, 2.05) is 0 Å². The molecule has 0 unspecified atom stereocenters. The van der Waals surface area contributed by atoms with Gasteiger partial charge in [0, 0.05) is 19.7 Å². The van der Waals surface area contributed by atoms with E-state index in [-0.39, 0.29) is 18.8 Å². The first-order chi connectivity index (χ1) is 10.2. The van der Waals surface area contributed by atoms with Gasteiger partial charge in [-0.2, -0.15) is 0 Å².